The van der Waals surface area contributed by atoms with Crippen molar-refractivity contribution in [1.82, 2.24) is 10.2 Å². The van der Waals surface area contributed by atoms with Gasteiger partial charge < -0.3 is 8.83 Å². The number of hydrogen-bond donors (Lipinski definition) is 1. The molecule has 1 aliphatic rings. The first-order valence-electron chi connectivity index (χ1n) is 8.39. The van der Waals surface area contributed by atoms with E-state index in [4.69, 9.17) is 44.3 Å². The average molecular weight is 447 g/mol. The van der Waals surface area contributed by atoms with E-state index in [2.05, 4.69) is 5.32 Å². The molecule has 2 aromatic heterocycles. The number of carbonyl (C=O) groups is 2. The van der Waals surface area contributed by atoms with Crippen molar-refractivity contribution < 1.29 is 18.4 Å². The van der Waals surface area contributed by atoms with Gasteiger partial charge in [-0.3, -0.25) is 19.8 Å². The molecule has 0 atom stereocenters. The Kier molecular flexibility index (Phi) is 5.27. The second kappa shape index (κ2) is 7.87. The topological polar surface area (TPSA) is 75.7 Å². The van der Waals surface area contributed by atoms with Crippen molar-refractivity contribution >= 4 is 58.4 Å². The van der Waals surface area contributed by atoms with Crippen LogP contribution >= 0.6 is 35.4 Å². The minimum atomic E-state index is -0.594. The van der Waals surface area contributed by atoms with E-state index in [-0.39, 0.29) is 17.2 Å². The Bertz CT molecular complexity index is 1150. The molecule has 0 radical (unpaired) electrons. The molecule has 0 spiro atoms. The molecule has 6 nitrogen and oxygen atoms in total. The highest BCUT2D eigenvalue weighted by Crippen LogP contribution is 2.30. The highest BCUT2D eigenvalue weighted by atomic mass is 35.5. The van der Waals surface area contributed by atoms with Crippen LogP contribution in [-0.2, 0) is 16.1 Å². The smallest absolute Gasteiger partial charge is 0.266 e. The quantitative estimate of drug-likeness (QED) is 0.357. The zero-order valence-electron chi connectivity index (χ0n) is 14.6. The highest BCUT2D eigenvalue weighted by Gasteiger charge is 2.34. The fraction of sp³-hybridized carbons (Fsp3) is 0.0500. The van der Waals surface area contributed by atoms with Gasteiger partial charge in [0.2, 0.25) is 0 Å². The van der Waals surface area contributed by atoms with Crippen LogP contribution in [0.1, 0.15) is 11.5 Å². The molecule has 0 unspecified atom stereocenters. The summed E-state index contributed by atoms with van der Waals surface area (Å²) in [5, 5.41) is 3.35. The Balaban J connectivity index is 1.61. The number of rotatable bonds is 4. The summed E-state index contributed by atoms with van der Waals surface area (Å²) < 4.78 is 11.0. The van der Waals surface area contributed by atoms with Gasteiger partial charge in [0.05, 0.1) is 22.9 Å². The second-order valence-corrected chi connectivity index (χ2v) is 7.32. The van der Waals surface area contributed by atoms with Crippen molar-refractivity contribution in [2.75, 3.05) is 0 Å². The molecule has 9 heteroatoms. The van der Waals surface area contributed by atoms with E-state index in [1.807, 2.05) is 0 Å². The first-order chi connectivity index (χ1) is 13.9. The molecular weight excluding hydrogens is 435 g/mol. The van der Waals surface area contributed by atoms with Crippen LogP contribution in [0.4, 0.5) is 0 Å². The van der Waals surface area contributed by atoms with E-state index in [0.29, 0.717) is 32.9 Å². The van der Waals surface area contributed by atoms with Gasteiger partial charge in [-0.1, -0.05) is 23.2 Å². The van der Waals surface area contributed by atoms with E-state index in [1.165, 1.54) is 17.2 Å². The summed E-state index contributed by atoms with van der Waals surface area (Å²) in [4.78, 5) is 26.4. The summed E-state index contributed by atoms with van der Waals surface area (Å²) in [6.07, 6.45) is 2.87. The minimum absolute atomic E-state index is 0.0180. The largest absolute Gasteiger partial charge is 0.467 e. The molecule has 0 aliphatic carbocycles. The summed E-state index contributed by atoms with van der Waals surface area (Å²) in [5.41, 5.74) is 0.615. The summed E-state index contributed by atoms with van der Waals surface area (Å²) in [6.45, 7) is 0.106. The standard InChI is InChI=1S/C20H12Cl2N2O4S/c21-15-5-3-11(8-16(15)22)17-6-4-12(28-17)9-14-18(25)23-20(29)24(19(14)26)10-13-2-1-7-27-13/h1-9H,10H2,(H,23,25,29)/b14-9-. The molecule has 1 saturated heterocycles. The summed E-state index contributed by atoms with van der Waals surface area (Å²) in [5.74, 6) is 0.249. The molecule has 4 rings (SSSR count). The Morgan fingerprint density at radius 1 is 1.10 bits per heavy atom. The summed E-state index contributed by atoms with van der Waals surface area (Å²) in [6, 6.07) is 11.9. The molecule has 0 saturated carbocycles. The number of nitrogens with one attached hydrogen (secondary N) is 1. The number of hydrogen-bond acceptors (Lipinski definition) is 5. The molecule has 3 aromatic rings. The molecular formula is C20H12Cl2N2O4S. The SMILES string of the molecule is O=C1NC(=S)N(Cc2ccco2)C(=O)/C1=C\c1ccc(-c2ccc(Cl)c(Cl)c2)o1. The fourth-order valence-corrected chi connectivity index (χ4v) is 3.31. The van der Waals surface area contributed by atoms with Crippen LogP contribution in [0.15, 0.2) is 63.1 Å². The van der Waals surface area contributed by atoms with Crippen molar-refractivity contribution in [3.8, 4) is 11.3 Å². The first-order valence-corrected chi connectivity index (χ1v) is 9.55. The van der Waals surface area contributed by atoms with Crippen LogP contribution in [0, 0.1) is 0 Å². The lowest BCUT2D eigenvalue weighted by Crippen LogP contribution is -2.53. The molecule has 2 amide bonds. The molecule has 1 aliphatic heterocycles. The van der Waals surface area contributed by atoms with Crippen molar-refractivity contribution in [2.45, 2.75) is 6.54 Å². The minimum Gasteiger partial charge on any atom is -0.467 e. The van der Waals surface area contributed by atoms with Crippen LogP contribution < -0.4 is 5.32 Å². The molecule has 1 aromatic carbocycles. The van der Waals surface area contributed by atoms with E-state index in [9.17, 15) is 9.59 Å². The maximum atomic E-state index is 12.8. The van der Waals surface area contributed by atoms with Gasteiger partial charge in [0.25, 0.3) is 11.8 Å². The van der Waals surface area contributed by atoms with Crippen LogP contribution in [0.25, 0.3) is 17.4 Å². The Morgan fingerprint density at radius 2 is 1.93 bits per heavy atom. The van der Waals surface area contributed by atoms with Crippen molar-refractivity contribution in [3.05, 3.63) is 75.9 Å². The molecule has 3 heterocycles. The molecule has 146 valence electrons. The number of benzene rings is 1. The van der Waals surface area contributed by atoms with Gasteiger partial charge in [0.15, 0.2) is 5.11 Å². The summed E-state index contributed by atoms with van der Waals surface area (Å²) >= 11 is 17.1. The van der Waals surface area contributed by atoms with Gasteiger partial charge in [-0.15, -0.1) is 0 Å². The second-order valence-electron chi connectivity index (χ2n) is 6.12. The molecule has 29 heavy (non-hydrogen) atoms. The van der Waals surface area contributed by atoms with Gasteiger partial charge in [-0.05, 0) is 60.8 Å². The Hall–Kier alpha value is -2.87. The lowest BCUT2D eigenvalue weighted by molar-refractivity contribution is -0.129. The van der Waals surface area contributed by atoms with Crippen LogP contribution in [0.5, 0.6) is 0 Å². The average Bonchev–Trinajstić information content (AvgIpc) is 3.36. The maximum Gasteiger partial charge on any atom is 0.266 e. The number of nitrogens with zero attached hydrogens (tertiary/aromatic N) is 1. The molecule has 1 N–H and O–H groups in total. The van der Waals surface area contributed by atoms with Gasteiger partial charge >= 0.3 is 0 Å². The highest BCUT2D eigenvalue weighted by molar-refractivity contribution is 7.80. The third-order valence-corrected chi connectivity index (χ3v) is 5.26. The Labute approximate surface area is 180 Å². The predicted octanol–water partition coefficient (Wildman–Crippen LogP) is 4.67. The van der Waals surface area contributed by atoms with Gasteiger partial charge in [0.1, 0.15) is 22.9 Å². The normalized spacial score (nSPS) is 15.9. The number of furan rings is 2. The summed E-state index contributed by atoms with van der Waals surface area (Å²) in [7, 11) is 0. The number of carbonyl (C=O) groups excluding carboxylic acids is 2. The van der Waals surface area contributed by atoms with E-state index in [1.54, 1.807) is 42.5 Å². The first kappa shape index (κ1) is 19.4. The van der Waals surface area contributed by atoms with E-state index >= 15 is 0 Å². The molecule has 0 bridgehead atoms. The zero-order valence-corrected chi connectivity index (χ0v) is 17.0. The van der Waals surface area contributed by atoms with E-state index in [0.717, 1.165) is 0 Å². The maximum absolute atomic E-state index is 12.8. The predicted molar refractivity (Wildman–Crippen MR) is 112 cm³/mol. The lowest BCUT2D eigenvalue weighted by Gasteiger charge is -2.27. The van der Waals surface area contributed by atoms with Crippen LogP contribution in [0.2, 0.25) is 10.0 Å². The monoisotopic (exact) mass is 446 g/mol. The van der Waals surface area contributed by atoms with Crippen LogP contribution in [0.3, 0.4) is 0 Å². The van der Waals surface area contributed by atoms with Gasteiger partial charge in [0, 0.05) is 5.56 Å². The Morgan fingerprint density at radius 3 is 2.66 bits per heavy atom. The fourth-order valence-electron chi connectivity index (χ4n) is 2.77. The van der Waals surface area contributed by atoms with Gasteiger partial charge in [-0.25, -0.2) is 0 Å². The zero-order chi connectivity index (χ0) is 20.5. The number of amides is 2. The van der Waals surface area contributed by atoms with Crippen molar-refractivity contribution in [2.24, 2.45) is 0 Å². The number of halogens is 2. The third kappa shape index (κ3) is 3.98. The van der Waals surface area contributed by atoms with Gasteiger partial charge in [-0.2, -0.15) is 0 Å². The van der Waals surface area contributed by atoms with Crippen LogP contribution in [-0.4, -0.2) is 21.8 Å². The number of thiocarbonyl (C=S) groups is 1. The third-order valence-electron chi connectivity index (χ3n) is 4.20. The van der Waals surface area contributed by atoms with Crippen molar-refractivity contribution in [3.63, 3.8) is 0 Å². The lowest BCUT2D eigenvalue weighted by atomic mass is 10.1. The molecule has 1 fully saturated rings. The van der Waals surface area contributed by atoms with Crippen molar-refractivity contribution in [1.29, 1.82) is 0 Å². The van der Waals surface area contributed by atoms with E-state index < -0.39 is 11.8 Å².